The van der Waals surface area contributed by atoms with E-state index in [1.165, 1.54) is 10.4 Å². The molecule has 0 saturated carbocycles. The molecular weight excluding hydrogens is 354 g/mol. The number of amides is 1. The Morgan fingerprint density at radius 2 is 2.00 bits per heavy atom. The van der Waals surface area contributed by atoms with Crippen LogP contribution >= 0.6 is 0 Å². The van der Waals surface area contributed by atoms with Crippen LogP contribution in [0.3, 0.4) is 0 Å². The van der Waals surface area contributed by atoms with Crippen LogP contribution in [0.5, 0.6) is 0 Å². The van der Waals surface area contributed by atoms with E-state index in [0.717, 1.165) is 13.0 Å². The average molecular weight is 381 g/mol. The van der Waals surface area contributed by atoms with Gasteiger partial charge in [-0.1, -0.05) is 6.07 Å². The number of nitrogens with one attached hydrogen (secondary N) is 1. The highest BCUT2D eigenvalue weighted by molar-refractivity contribution is 7.89. The maximum absolute atomic E-state index is 13.0. The molecule has 1 aromatic rings. The smallest absolute Gasteiger partial charge is 0.253 e. The lowest BCUT2D eigenvalue weighted by molar-refractivity contribution is 0.0730. The fourth-order valence-electron chi connectivity index (χ4n) is 3.59. The first-order valence-electron chi connectivity index (χ1n) is 9.06. The molecule has 0 aliphatic carbocycles. The third-order valence-corrected chi connectivity index (χ3v) is 7.13. The second kappa shape index (κ2) is 8.04. The van der Waals surface area contributed by atoms with Crippen LogP contribution in [-0.2, 0) is 14.8 Å². The van der Waals surface area contributed by atoms with Crippen molar-refractivity contribution in [2.45, 2.75) is 18.2 Å². The lowest BCUT2D eigenvalue weighted by atomic mass is 10.1. The fraction of sp³-hybridized carbons (Fsp3) is 0.611. The Bertz CT molecular complexity index is 760. The fourth-order valence-corrected chi connectivity index (χ4v) is 5.25. The van der Waals surface area contributed by atoms with E-state index in [1.54, 1.807) is 19.1 Å². The van der Waals surface area contributed by atoms with Crippen molar-refractivity contribution in [3.8, 4) is 0 Å². The predicted octanol–water partition coefficient (Wildman–Crippen LogP) is 0.697. The lowest BCUT2D eigenvalue weighted by Gasteiger charge is -2.27. The van der Waals surface area contributed by atoms with Gasteiger partial charge in [-0.05, 0) is 50.6 Å². The molecule has 144 valence electrons. The van der Waals surface area contributed by atoms with Gasteiger partial charge in [0.05, 0.1) is 18.1 Å². The summed E-state index contributed by atoms with van der Waals surface area (Å²) < 4.78 is 32.6. The van der Waals surface area contributed by atoms with Gasteiger partial charge in [-0.25, -0.2) is 8.42 Å². The van der Waals surface area contributed by atoms with Gasteiger partial charge in [0.15, 0.2) is 0 Å². The molecule has 1 aromatic carbocycles. The monoisotopic (exact) mass is 381 g/mol. The number of carbonyl (C=O) groups is 1. The first kappa shape index (κ1) is 19.3. The van der Waals surface area contributed by atoms with Gasteiger partial charge in [0, 0.05) is 31.7 Å². The molecular formula is C18H27N3O4S. The normalized spacial score (nSPS) is 21.9. The lowest BCUT2D eigenvalue weighted by Crippen LogP contribution is -2.41. The van der Waals surface area contributed by atoms with Gasteiger partial charge in [-0.2, -0.15) is 4.31 Å². The Labute approximate surface area is 155 Å². The molecule has 1 amide bonds. The number of hydrogen-bond acceptors (Lipinski definition) is 5. The molecule has 1 atom stereocenters. The molecule has 2 fully saturated rings. The van der Waals surface area contributed by atoms with Crippen LogP contribution in [0.15, 0.2) is 23.1 Å². The summed E-state index contributed by atoms with van der Waals surface area (Å²) in [6.07, 6.45) is 0.970. The number of morpholine rings is 1. The third kappa shape index (κ3) is 3.93. The summed E-state index contributed by atoms with van der Waals surface area (Å²) in [7, 11) is -1.71. The number of carbonyl (C=O) groups excluding carboxylic acids is 1. The highest BCUT2D eigenvalue weighted by Crippen LogP contribution is 2.24. The maximum atomic E-state index is 13.0. The van der Waals surface area contributed by atoms with Crippen LogP contribution in [-0.4, -0.2) is 76.5 Å². The molecule has 0 aromatic heterocycles. The molecule has 0 radical (unpaired) electrons. The Hall–Kier alpha value is -1.48. The molecule has 2 aliphatic heterocycles. The summed E-state index contributed by atoms with van der Waals surface area (Å²) >= 11 is 0. The summed E-state index contributed by atoms with van der Waals surface area (Å²) in [5.41, 5.74) is 1.09. The summed E-state index contributed by atoms with van der Waals surface area (Å²) in [6, 6.07) is 4.98. The van der Waals surface area contributed by atoms with Crippen LogP contribution in [0.4, 0.5) is 0 Å². The Balaban J connectivity index is 1.82. The maximum Gasteiger partial charge on any atom is 0.253 e. The van der Waals surface area contributed by atoms with Gasteiger partial charge in [0.25, 0.3) is 5.91 Å². The summed E-state index contributed by atoms with van der Waals surface area (Å²) in [6.45, 7) is 5.56. The molecule has 3 rings (SSSR count). The van der Waals surface area contributed by atoms with Crippen molar-refractivity contribution >= 4 is 15.9 Å². The molecule has 2 saturated heterocycles. The minimum absolute atomic E-state index is 0.0953. The van der Waals surface area contributed by atoms with Gasteiger partial charge in [-0.15, -0.1) is 0 Å². The Morgan fingerprint density at radius 1 is 1.27 bits per heavy atom. The van der Waals surface area contributed by atoms with E-state index >= 15 is 0 Å². The molecule has 2 aliphatic rings. The van der Waals surface area contributed by atoms with E-state index in [-0.39, 0.29) is 10.8 Å². The highest BCUT2D eigenvalue weighted by Gasteiger charge is 2.30. The van der Waals surface area contributed by atoms with Crippen molar-refractivity contribution in [2.75, 3.05) is 53.0 Å². The number of ether oxygens (including phenoxy) is 1. The van der Waals surface area contributed by atoms with Crippen molar-refractivity contribution in [1.29, 1.82) is 0 Å². The number of likely N-dealkylation sites (tertiary alicyclic amines) is 1. The number of aryl methyl sites for hydroxylation is 1. The molecule has 1 N–H and O–H groups in total. The minimum atomic E-state index is -3.62. The first-order valence-corrected chi connectivity index (χ1v) is 10.5. The van der Waals surface area contributed by atoms with E-state index in [1.807, 2.05) is 11.9 Å². The zero-order valence-electron chi connectivity index (χ0n) is 15.4. The molecule has 1 unspecified atom stereocenters. The van der Waals surface area contributed by atoms with Gasteiger partial charge >= 0.3 is 0 Å². The second-order valence-corrected chi connectivity index (χ2v) is 8.87. The molecule has 7 nitrogen and oxygen atoms in total. The largest absolute Gasteiger partial charge is 0.379 e. The molecule has 0 bridgehead atoms. The zero-order chi connectivity index (χ0) is 18.7. The van der Waals surface area contributed by atoms with Gasteiger partial charge < -0.3 is 15.0 Å². The minimum Gasteiger partial charge on any atom is -0.379 e. The number of nitrogens with zero attached hydrogens (tertiary/aromatic N) is 2. The van der Waals surface area contributed by atoms with Crippen LogP contribution in [0, 0.1) is 12.8 Å². The first-order chi connectivity index (χ1) is 12.4. The average Bonchev–Trinajstić information content (AvgIpc) is 3.11. The number of rotatable bonds is 5. The summed E-state index contributed by atoms with van der Waals surface area (Å²) in [5, 5.41) is 3.15. The number of hydrogen-bond donors (Lipinski definition) is 1. The SMILES string of the molecule is CNCC1CCN(C(=O)c2ccc(C)c(S(=O)(=O)N3CCOCC3)c2)C1. The van der Waals surface area contributed by atoms with Crippen molar-refractivity contribution in [3.63, 3.8) is 0 Å². The van der Waals surface area contributed by atoms with Gasteiger partial charge in [-0.3, -0.25) is 4.79 Å². The number of sulfonamides is 1. The van der Waals surface area contributed by atoms with Gasteiger partial charge in [0.1, 0.15) is 0 Å². The van der Waals surface area contributed by atoms with Crippen LogP contribution < -0.4 is 5.32 Å². The van der Waals surface area contributed by atoms with Crippen molar-refractivity contribution in [2.24, 2.45) is 5.92 Å². The van der Waals surface area contributed by atoms with E-state index in [9.17, 15) is 13.2 Å². The molecule has 26 heavy (non-hydrogen) atoms. The Morgan fingerprint density at radius 3 is 2.69 bits per heavy atom. The topological polar surface area (TPSA) is 79.0 Å². The Kier molecular flexibility index (Phi) is 5.96. The molecule has 2 heterocycles. The third-order valence-electron chi connectivity index (χ3n) is 5.09. The van der Waals surface area contributed by atoms with E-state index < -0.39 is 10.0 Å². The second-order valence-electron chi connectivity index (χ2n) is 6.96. The molecule has 8 heteroatoms. The summed E-state index contributed by atoms with van der Waals surface area (Å²) in [4.78, 5) is 14.9. The van der Waals surface area contributed by atoms with Crippen LogP contribution in [0.25, 0.3) is 0 Å². The zero-order valence-corrected chi connectivity index (χ0v) is 16.2. The van der Waals surface area contributed by atoms with Crippen molar-refractivity contribution in [3.05, 3.63) is 29.3 Å². The highest BCUT2D eigenvalue weighted by atomic mass is 32.2. The van der Waals surface area contributed by atoms with Gasteiger partial charge in [0.2, 0.25) is 10.0 Å². The van der Waals surface area contributed by atoms with Crippen LogP contribution in [0.2, 0.25) is 0 Å². The van der Waals surface area contributed by atoms with Crippen molar-refractivity contribution < 1.29 is 17.9 Å². The van der Waals surface area contributed by atoms with Crippen LogP contribution in [0.1, 0.15) is 22.3 Å². The summed E-state index contributed by atoms with van der Waals surface area (Å²) in [5.74, 6) is 0.355. The van der Waals surface area contributed by atoms with E-state index in [2.05, 4.69) is 5.32 Å². The molecule has 0 spiro atoms. The quantitative estimate of drug-likeness (QED) is 0.812. The standard InChI is InChI=1S/C18H27N3O4S/c1-14-3-4-16(18(22)20-6-5-15(13-20)12-19-2)11-17(14)26(23,24)21-7-9-25-10-8-21/h3-4,11,15,19H,5-10,12-13H2,1-2H3. The predicted molar refractivity (Wildman–Crippen MR) is 98.7 cm³/mol. The number of benzene rings is 1. The van der Waals surface area contributed by atoms with E-state index in [4.69, 9.17) is 4.74 Å². The van der Waals surface area contributed by atoms with E-state index in [0.29, 0.717) is 56.4 Å². The van der Waals surface area contributed by atoms with Crippen molar-refractivity contribution in [1.82, 2.24) is 14.5 Å².